The largest absolute Gasteiger partial charge is 0.481 e. The SMILES string of the molecule is COc1cc(C(N)C2CC2)cc(Cl)n1. The van der Waals surface area contributed by atoms with E-state index in [1.54, 1.807) is 7.11 Å². The van der Waals surface area contributed by atoms with Crippen molar-refractivity contribution in [1.29, 1.82) is 0 Å². The highest BCUT2D eigenvalue weighted by molar-refractivity contribution is 6.29. The van der Waals surface area contributed by atoms with Crippen LogP contribution < -0.4 is 10.5 Å². The third-order valence-electron chi connectivity index (χ3n) is 2.52. The molecule has 1 aliphatic rings. The molecule has 0 radical (unpaired) electrons. The summed E-state index contributed by atoms with van der Waals surface area (Å²) < 4.78 is 5.03. The lowest BCUT2D eigenvalue weighted by molar-refractivity contribution is 0.396. The molecule has 0 bridgehead atoms. The van der Waals surface area contributed by atoms with Crippen LogP contribution >= 0.6 is 11.6 Å². The van der Waals surface area contributed by atoms with Crippen LogP contribution in [0.3, 0.4) is 0 Å². The Hall–Kier alpha value is -0.800. The smallest absolute Gasteiger partial charge is 0.214 e. The van der Waals surface area contributed by atoms with Gasteiger partial charge in [-0.05, 0) is 30.4 Å². The maximum Gasteiger partial charge on any atom is 0.214 e. The zero-order valence-electron chi connectivity index (χ0n) is 8.03. The highest BCUT2D eigenvalue weighted by Crippen LogP contribution is 2.40. The van der Waals surface area contributed by atoms with E-state index in [1.807, 2.05) is 12.1 Å². The molecule has 0 aliphatic heterocycles. The number of hydrogen-bond acceptors (Lipinski definition) is 3. The van der Waals surface area contributed by atoms with Crippen molar-refractivity contribution in [3.8, 4) is 5.88 Å². The predicted molar refractivity (Wildman–Crippen MR) is 55.5 cm³/mol. The lowest BCUT2D eigenvalue weighted by atomic mass is 10.1. The Kier molecular flexibility index (Phi) is 2.61. The summed E-state index contributed by atoms with van der Waals surface area (Å²) in [7, 11) is 1.57. The van der Waals surface area contributed by atoms with Crippen molar-refractivity contribution in [1.82, 2.24) is 4.98 Å². The first-order chi connectivity index (χ1) is 6.70. The number of ether oxygens (including phenoxy) is 1. The van der Waals surface area contributed by atoms with Crippen molar-refractivity contribution in [2.24, 2.45) is 11.7 Å². The molecule has 76 valence electrons. The van der Waals surface area contributed by atoms with E-state index >= 15 is 0 Å². The Morgan fingerprint density at radius 3 is 2.86 bits per heavy atom. The molecule has 1 aromatic heterocycles. The molecule has 0 aromatic carbocycles. The average Bonchev–Trinajstić information content (AvgIpc) is 2.99. The minimum Gasteiger partial charge on any atom is -0.481 e. The summed E-state index contributed by atoms with van der Waals surface area (Å²) in [6.07, 6.45) is 2.42. The first kappa shape index (κ1) is 9.74. The molecule has 0 spiro atoms. The molecule has 1 atom stereocenters. The monoisotopic (exact) mass is 212 g/mol. The van der Waals surface area contributed by atoms with Gasteiger partial charge in [0, 0.05) is 12.1 Å². The third kappa shape index (κ3) is 1.99. The Labute approximate surface area is 88.2 Å². The summed E-state index contributed by atoms with van der Waals surface area (Å²) in [5, 5.41) is 0.440. The number of hydrogen-bond donors (Lipinski definition) is 1. The van der Waals surface area contributed by atoms with Crippen LogP contribution in [0.15, 0.2) is 12.1 Å². The molecular weight excluding hydrogens is 200 g/mol. The van der Waals surface area contributed by atoms with E-state index in [0.29, 0.717) is 17.0 Å². The van der Waals surface area contributed by atoms with Crippen LogP contribution in [-0.4, -0.2) is 12.1 Å². The Balaban J connectivity index is 2.27. The second kappa shape index (κ2) is 3.75. The van der Waals surface area contributed by atoms with Crippen LogP contribution in [0.5, 0.6) is 5.88 Å². The number of nitrogens with zero attached hydrogens (tertiary/aromatic N) is 1. The zero-order chi connectivity index (χ0) is 10.1. The summed E-state index contributed by atoms with van der Waals surface area (Å²) in [6, 6.07) is 3.74. The molecule has 2 N–H and O–H groups in total. The molecular formula is C10H13ClN2O. The minimum atomic E-state index is 0.0735. The molecule has 1 heterocycles. The van der Waals surface area contributed by atoms with E-state index < -0.39 is 0 Å². The van der Waals surface area contributed by atoms with Gasteiger partial charge in [-0.2, -0.15) is 0 Å². The van der Waals surface area contributed by atoms with Crippen molar-refractivity contribution < 1.29 is 4.74 Å². The van der Waals surface area contributed by atoms with Gasteiger partial charge in [-0.25, -0.2) is 4.98 Å². The number of halogens is 1. The maximum atomic E-state index is 6.05. The Morgan fingerprint density at radius 2 is 2.29 bits per heavy atom. The number of nitrogens with two attached hydrogens (primary N) is 1. The minimum absolute atomic E-state index is 0.0735. The summed E-state index contributed by atoms with van der Waals surface area (Å²) in [4.78, 5) is 4.00. The van der Waals surface area contributed by atoms with E-state index in [2.05, 4.69) is 4.98 Å². The van der Waals surface area contributed by atoms with Crippen molar-refractivity contribution in [3.05, 3.63) is 22.8 Å². The normalized spacial score (nSPS) is 17.9. The highest BCUT2D eigenvalue weighted by atomic mass is 35.5. The van der Waals surface area contributed by atoms with E-state index in [-0.39, 0.29) is 6.04 Å². The number of rotatable bonds is 3. The summed E-state index contributed by atoms with van der Waals surface area (Å²) in [5.41, 5.74) is 7.07. The van der Waals surface area contributed by atoms with Crippen molar-refractivity contribution in [3.63, 3.8) is 0 Å². The molecule has 14 heavy (non-hydrogen) atoms. The van der Waals surface area contributed by atoms with Crippen molar-refractivity contribution in [2.45, 2.75) is 18.9 Å². The quantitative estimate of drug-likeness (QED) is 0.782. The molecule has 4 heteroatoms. The van der Waals surface area contributed by atoms with E-state index in [0.717, 1.165) is 5.56 Å². The van der Waals surface area contributed by atoms with Gasteiger partial charge in [0.15, 0.2) is 0 Å². The fourth-order valence-electron chi connectivity index (χ4n) is 1.52. The Morgan fingerprint density at radius 1 is 1.57 bits per heavy atom. The third-order valence-corrected chi connectivity index (χ3v) is 2.71. The van der Waals surface area contributed by atoms with Gasteiger partial charge in [0.1, 0.15) is 5.15 Å². The Bertz CT molecular complexity index is 339. The molecule has 2 rings (SSSR count). The number of methoxy groups -OCH3 is 1. The lowest BCUT2D eigenvalue weighted by Gasteiger charge is -2.11. The average molecular weight is 213 g/mol. The first-order valence-corrected chi connectivity index (χ1v) is 5.05. The zero-order valence-corrected chi connectivity index (χ0v) is 8.79. The summed E-state index contributed by atoms with van der Waals surface area (Å²) in [6.45, 7) is 0. The maximum absolute atomic E-state index is 6.05. The van der Waals surface area contributed by atoms with Crippen LogP contribution in [0.4, 0.5) is 0 Å². The molecule has 1 saturated carbocycles. The number of pyridine rings is 1. The molecule has 0 amide bonds. The van der Waals surface area contributed by atoms with Gasteiger partial charge in [0.25, 0.3) is 0 Å². The number of aromatic nitrogens is 1. The van der Waals surface area contributed by atoms with Gasteiger partial charge < -0.3 is 10.5 Å². The van der Waals surface area contributed by atoms with Gasteiger partial charge in [-0.1, -0.05) is 11.6 Å². The molecule has 1 aromatic rings. The van der Waals surface area contributed by atoms with E-state index in [1.165, 1.54) is 12.8 Å². The van der Waals surface area contributed by atoms with Crippen molar-refractivity contribution in [2.75, 3.05) is 7.11 Å². The summed E-state index contributed by atoms with van der Waals surface area (Å²) in [5.74, 6) is 1.14. The second-order valence-corrected chi connectivity index (χ2v) is 4.02. The fourth-order valence-corrected chi connectivity index (χ4v) is 1.73. The fraction of sp³-hybridized carbons (Fsp3) is 0.500. The first-order valence-electron chi connectivity index (χ1n) is 4.68. The predicted octanol–water partition coefficient (Wildman–Crippen LogP) is 2.15. The van der Waals surface area contributed by atoms with E-state index in [4.69, 9.17) is 22.1 Å². The van der Waals surface area contributed by atoms with Gasteiger partial charge in [-0.3, -0.25) is 0 Å². The summed E-state index contributed by atoms with van der Waals surface area (Å²) >= 11 is 5.85. The van der Waals surface area contributed by atoms with Gasteiger partial charge in [-0.15, -0.1) is 0 Å². The van der Waals surface area contributed by atoms with Gasteiger partial charge in [0.05, 0.1) is 7.11 Å². The van der Waals surface area contributed by atoms with Crippen LogP contribution in [-0.2, 0) is 0 Å². The molecule has 3 nitrogen and oxygen atoms in total. The highest BCUT2D eigenvalue weighted by Gasteiger charge is 2.29. The van der Waals surface area contributed by atoms with E-state index in [9.17, 15) is 0 Å². The molecule has 1 unspecified atom stereocenters. The van der Waals surface area contributed by atoms with Crippen LogP contribution in [0.1, 0.15) is 24.4 Å². The molecule has 1 fully saturated rings. The van der Waals surface area contributed by atoms with Gasteiger partial charge in [0.2, 0.25) is 5.88 Å². The van der Waals surface area contributed by atoms with Crippen molar-refractivity contribution >= 4 is 11.6 Å². The standard InChI is InChI=1S/C10H13ClN2O/c1-14-9-5-7(4-8(11)13-9)10(12)6-2-3-6/h4-6,10H,2-3,12H2,1H3. The van der Waals surface area contributed by atoms with Crippen LogP contribution in [0.25, 0.3) is 0 Å². The molecule has 1 aliphatic carbocycles. The van der Waals surface area contributed by atoms with Crippen LogP contribution in [0.2, 0.25) is 5.15 Å². The lowest BCUT2D eigenvalue weighted by Crippen LogP contribution is -2.12. The topological polar surface area (TPSA) is 48.1 Å². The second-order valence-electron chi connectivity index (χ2n) is 3.63. The van der Waals surface area contributed by atoms with Crippen LogP contribution in [0, 0.1) is 5.92 Å². The molecule has 0 saturated heterocycles. The van der Waals surface area contributed by atoms with Gasteiger partial charge >= 0.3 is 0 Å².